The number of halogens is 3. The molecule has 0 aliphatic carbocycles. The molecule has 1 aromatic rings. The molecule has 0 saturated heterocycles. The number of hydrogen-bond acceptors (Lipinski definition) is 1. The molecule has 0 radical (unpaired) electrons. The SMILES string of the molecule is CCCCCCC.CNC(=O)/C(C)=C/c1ccc(C(F)(F)F)cc1. The fourth-order valence-electron chi connectivity index (χ4n) is 1.96. The Balaban J connectivity index is 0.000000640. The molecule has 0 heterocycles. The number of amides is 1. The predicted molar refractivity (Wildman–Crippen MR) is 93.6 cm³/mol. The number of unbranched alkanes of at least 4 members (excludes halogenated alkanes) is 4. The molecule has 1 amide bonds. The van der Waals surface area contributed by atoms with Crippen LogP contribution in [0.15, 0.2) is 29.8 Å². The number of likely N-dealkylation sites (N-methyl/N-ethyl adjacent to an activating group) is 1. The minimum absolute atomic E-state index is 0.259. The van der Waals surface area contributed by atoms with Crippen molar-refractivity contribution >= 4 is 12.0 Å². The lowest BCUT2D eigenvalue weighted by Gasteiger charge is -2.06. The highest BCUT2D eigenvalue weighted by Crippen LogP contribution is 2.29. The Labute approximate surface area is 143 Å². The van der Waals surface area contributed by atoms with Gasteiger partial charge in [0.15, 0.2) is 0 Å². The lowest BCUT2D eigenvalue weighted by Crippen LogP contribution is -2.18. The van der Waals surface area contributed by atoms with Gasteiger partial charge in [-0.1, -0.05) is 58.1 Å². The predicted octanol–water partition coefficient (Wildman–Crippen LogP) is 5.83. The first-order valence-corrected chi connectivity index (χ1v) is 8.33. The second-order valence-electron chi connectivity index (χ2n) is 5.59. The molecule has 0 unspecified atom stereocenters. The second kappa shape index (κ2) is 11.7. The molecule has 0 saturated carbocycles. The lowest BCUT2D eigenvalue weighted by atomic mass is 10.1. The third kappa shape index (κ3) is 9.38. The molecule has 136 valence electrons. The van der Waals surface area contributed by atoms with Crippen LogP contribution in [0, 0.1) is 0 Å². The molecule has 0 fully saturated rings. The largest absolute Gasteiger partial charge is 0.416 e. The van der Waals surface area contributed by atoms with Crippen molar-refractivity contribution in [3.05, 3.63) is 41.0 Å². The van der Waals surface area contributed by atoms with Gasteiger partial charge in [0, 0.05) is 12.6 Å². The molecule has 0 aliphatic rings. The molecule has 0 bridgehead atoms. The zero-order valence-electron chi connectivity index (χ0n) is 15.0. The Morgan fingerprint density at radius 1 is 1.04 bits per heavy atom. The van der Waals surface area contributed by atoms with E-state index >= 15 is 0 Å². The van der Waals surface area contributed by atoms with Gasteiger partial charge in [-0.3, -0.25) is 4.79 Å². The minimum atomic E-state index is -4.34. The highest BCUT2D eigenvalue weighted by molar-refractivity contribution is 5.96. The summed E-state index contributed by atoms with van der Waals surface area (Å²) in [6, 6.07) is 4.64. The topological polar surface area (TPSA) is 29.1 Å². The first-order valence-electron chi connectivity index (χ1n) is 8.33. The number of hydrogen-bond donors (Lipinski definition) is 1. The molecular formula is C19H28F3NO. The van der Waals surface area contributed by atoms with E-state index in [9.17, 15) is 18.0 Å². The van der Waals surface area contributed by atoms with Crippen LogP contribution in [0.25, 0.3) is 6.08 Å². The number of carbonyl (C=O) groups is 1. The molecule has 0 spiro atoms. The number of carbonyl (C=O) groups excluding carboxylic acids is 1. The van der Waals surface area contributed by atoms with Crippen LogP contribution in [0.3, 0.4) is 0 Å². The zero-order valence-corrected chi connectivity index (χ0v) is 15.0. The van der Waals surface area contributed by atoms with Crippen molar-refractivity contribution in [2.45, 2.75) is 59.1 Å². The van der Waals surface area contributed by atoms with Crippen molar-refractivity contribution in [3.8, 4) is 0 Å². The van der Waals surface area contributed by atoms with Crippen LogP contribution < -0.4 is 5.32 Å². The summed E-state index contributed by atoms with van der Waals surface area (Å²) in [5, 5.41) is 2.43. The summed E-state index contributed by atoms with van der Waals surface area (Å²) in [7, 11) is 1.49. The average molecular weight is 343 g/mol. The van der Waals surface area contributed by atoms with Gasteiger partial charge in [-0.15, -0.1) is 0 Å². The van der Waals surface area contributed by atoms with Gasteiger partial charge in [0.05, 0.1) is 5.56 Å². The maximum Gasteiger partial charge on any atom is 0.416 e. The van der Waals surface area contributed by atoms with Gasteiger partial charge in [-0.25, -0.2) is 0 Å². The molecule has 5 heteroatoms. The van der Waals surface area contributed by atoms with E-state index in [2.05, 4.69) is 19.2 Å². The molecule has 0 atom stereocenters. The summed E-state index contributed by atoms with van der Waals surface area (Å²) in [6.07, 6.45) is 4.20. The van der Waals surface area contributed by atoms with E-state index in [0.717, 1.165) is 12.1 Å². The van der Waals surface area contributed by atoms with E-state index in [1.165, 1.54) is 57.4 Å². The van der Waals surface area contributed by atoms with Crippen molar-refractivity contribution in [1.82, 2.24) is 5.32 Å². The van der Waals surface area contributed by atoms with Crippen LogP contribution in [-0.2, 0) is 11.0 Å². The van der Waals surface area contributed by atoms with Gasteiger partial charge in [0.1, 0.15) is 0 Å². The maximum atomic E-state index is 12.3. The first kappa shape index (κ1) is 22.2. The fourth-order valence-corrected chi connectivity index (χ4v) is 1.96. The van der Waals surface area contributed by atoms with Crippen LogP contribution >= 0.6 is 0 Å². The summed E-state index contributed by atoms with van der Waals surface area (Å²) in [6.45, 7) is 6.09. The first-order chi connectivity index (χ1) is 11.3. The van der Waals surface area contributed by atoms with Gasteiger partial charge in [0.2, 0.25) is 5.91 Å². The van der Waals surface area contributed by atoms with Crippen molar-refractivity contribution < 1.29 is 18.0 Å². The molecule has 0 aliphatic heterocycles. The van der Waals surface area contributed by atoms with E-state index in [4.69, 9.17) is 0 Å². The molecule has 0 aromatic heterocycles. The fraction of sp³-hybridized carbons (Fsp3) is 0.526. The van der Waals surface area contributed by atoms with E-state index < -0.39 is 11.7 Å². The molecule has 24 heavy (non-hydrogen) atoms. The Hall–Kier alpha value is -1.78. The smallest absolute Gasteiger partial charge is 0.355 e. The highest BCUT2D eigenvalue weighted by atomic mass is 19.4. The van der Waals surface area contributed by atoms with E-state index in [1.54, 1.807) is 6.92 Å². The third-order valence-corrected chi connectivity index (χ3v) is 3.41. The van der Waals surface area contributed by atoms with Crippen LogP contribution in [0.5, 0.6) is 0 Å². The summed E-state index contributed by atoms with van der Waals surface area (Å²) in [5.74, 6) is -0.259. The Morgan fingerprint density at radius 3 is 1.92 bits per heavy atom. The van der Waals surface area contributed by atoms with Crippen molar-refractivity contribution in [1.29, 1.82) is 0 Å². The van der Waals surface area contributed by atoms with Crippen LogP contribution in [0.2, 0.25) is 0 Å². The highest BCUT2D eigenvalue weighted by Gasteiger charge is 2.29. The van der Waals surface area contributed by atoms with Gasteiger partial charge < -0.3 is 5.32 Å². The summed E-state index contributed by atoms with van der Waals surface area (Å²) >= 11 is 0. The number of alkyl halides is 3. The van der Waals surface area contributed by atoms with Gasteiger partial charge in [0.25, 0.3) is 0 Å². The van der Waals surface area contributed by atoms with Crippen LogP contribution in [-0.4, -0.2) is 13.0 Å². The second-order valence-corrected chi connectivity index (χ2v) is 5.59. The van der Waals surface area contributed by atoms with Crippen molar-refractivity contribution in [2.75, 3.05) is 7.05 Å². The lowest BCUT2D eigenvalue weighted by molar-refractivity contribution is -0.137. The zero-order chi connectivity index (χ0) is 18.6. The molecule has 1 N–H and O–H groups in total. The van der Waals surface area contributed by atoms with Crippen LogP contribution in [0.4, 0.5) is 13.2 Å². The van der Waals surface area contributed by atoms with E-state index in [0.29, 0.717) is 11.1 Å². The standard InChI is InChI=1S/C12H12F3NO.C7H16/c1-8(11(17)16-2)7-9-3-5-10(6-4-9)12(13,14)15;1-3-5-7-6-4-2/h3-7H,1-2H3,(H,16,17);3-7H2,1-2H3/b8-7+;. The van der Waals surface area contributed by atoms with Crippen molar-refractivity contribution in [3.63, 3.8) is 0 Å². The van der Waals surface area contributed by atoms with Gasteiger partial charge in [-0.2, -0.15) is 13.2 Å². The molecule has 1 aromatic carbocycles. The van der Waals surface area contributed by atoms with Crippen LogP contribution in [0.1, 0.15) is 64.0 Å². The third-order valence-electron chi connectivity index (χ3n) is 3.41. The summed E-state index contributed by atoms with van der Waals surface area (Å²) < 4.78 is 36.9. The number of benzene rings is 1. The van der Waals surface area contributed by atoms with Gasteiger partial charge in [-0.05, 0) is 30.7 Å². The number of rotatable bonds is 6. The minimum Gasteiger partial charge on any atom is -0.355 e. The normalized spacial score (nSPS) is 11.5. The Kier molecular flexibility index (Phi) is 10.8. The molecule has 2 nitrogen and oxygen atoms in total. The number of nitrogens with one attached hydrogen (secondary N) is 1. The molecular weight excluding hydrogens is 315 g/mol. The quantitative estimate of drug-likeness (QED) is 0.511. The summed E-state index contributed by atoms with van der Waals surface area (Å²) in [4.78, 5) is 11.2. The molecule has 1 rings (SSSR count). The maximum absolute atomic E-state index is 12.3. The monoisotopic (exact) mass is 343 g/mol. The van der Waals surface area contributed by atoms with E-state index in [1.807, 2.05) is 0 Å². The summed E-state index contributed by atoms with van der Waals surface area (Å²) in [5.41, 5.74) is 0.290. The van der Waals surface area contributed by atoms with E-state index in [-0.39, 0.29) is 5.91 Å². The van der Waals surface area contributed by atoms with Crippen molar-refractivity contribution in [2.24, 2.45) is 0 Å². The van der Waals surface area contributed by atoms with Gasteiger partial charge >= 0.3 is 6.18 Å². The Morgan fingerprint density at radius 2 is 1.54 bits per heavy atom. The average Bonchev–Trinajstić information content (AvgIpc) is 2.55. The Bertz CT molecular complexity index is 500.